The molecule has 1 aromatic heterocycles. The highest BCUT2D eigenvalue weighted by molar-refractivity contribution is 9.10. The molecule has 1 heterocycles. The molecule has 7 nitrogen and oxygen atoms in total. The minimum absolute atomic E-state index is 0.172. The van der Waals surface area contributed by atoms with Crippen molar-refractivity contribution in [2.75, 3.05) is 0 Å². The van der Waals surface area contributed by atoms with Crippen LogP contribution >= 0.6 is 15.9 Å². The van der Waals surface area contributed by atoms with Gasteiger partial charge in [0.25, 0.3) is 5.69 Å². The summed E-state index contributed by atoms with van der Waals surface area (Å²) in [4.78, 5) is 12.5. The van der Waals surface area contributed by atoms with E-state index in [4.69, 9.17) is 5.14 Å². The monoisotopic (exact) mass is 281 g/mol. The van der Waals surface area contributed by atoms with Crippen LogP contribution in [0.4, 0.5) is 5.69 Å². The second kappa shape index (κ2) is 3.59. The van der Waals surface area contributed by atoms with E-state index in [9.17, 15) is 18.5 Å². The number of rotatable bonds is 2. The van der Waals surface area contributed by atoms with Crippen molar-refractivity contribution in [3.05, 3.63) is 27.0 Å². The maximum atomic E-state index is 11.0. The first-order valence-corrected chi connectivity index (χ1v) is 5.49. The topological polar surface area (TPSA) is 116 Å². The number of nitrogens with two attached hydrogens (primary N) is 1. The summed E-state index contributed by atoms with van der Waals surface area (Å²) in [7, 11) is -4.16. The number of nitrogens with zero attached hydrogens (tertiary/aromatic N) is 2. The Labute approximate surface area is 87.3 Å². The first kappa shape index (κ1) is 11.0. The summed E-state index contributed by atoms with van der Waals surface area (Å²) < 4.78 is 21.8. The van der Waals surface area contributed by atoms with Crippen LogP contribution in [0.15, 0.2) is 21.8 Å². The lowest BCUT2D eigenvalue weighted by Crippen LogP contribution is -2.15. The lowest BCUT2D eigenvalue weighted by molar-refractivity contribution is -0.388. The first-order chi connectivity index (χ1) is 6.34. The van der Waals surface area contributed by atoms with Crippen LogP contribution in [-0.4, -0.2) is 18.3 Å². The molecule has 0 unspecified atom stereocenters. The normalized spacial score (nSPS) is 11.3. The summed E-state index contributed by atoms with van der Waals surface area (Å²) in [5, 5.41) is 15.3. The number of halogens is 1. The average Bonchev–Trinajstić information content (AvgIpc) is 2.01. The van der Waals surface area contributed by atoms with Gasteiger partial charge in [0.2, 0.25) is 10.0 Å². The molecule has 0 aromatic carbocycles. The number of primary sulfonamides is 1. The fourth-order valence-electron chi connectivity index (χ4n) is 0.820. The molecule has 0 amide bonds. The molecule has 0 bridgehead atoms. The maximum absolute atomic E-state index is 11.0. The van der Waals surface area contributed by atoms with Gasteiger partial charge in [0.15, 0.2) is 4.90 Å². The van der Waals surface area contributed by atoms with E-state index in [2.05, 4.69) is 20.9 Å². The quantitative estimate of drug-likeness (QED) is 0.478. The van der Waals surface area contributed by atoms with Crippen molar-refractivity contribution in [3.8, 4) is 0 Å². The Bertz CT molecular complexity index is 486. The van der Waals surface area contributed by atoms with Crippen molar-refractivity contribution in [3.63, 3.8) is 0 Å². The number of nitro groups is 1. The fourth-order valence-corrected chi connectivity index (χ4v) is 2.54. The number of aromatic nitrogens is 1. The van der Waals surface area contributed by atoms with Crippen LogP contribution in [0, 0.1) is 10.1 Å². The van der Waals surface area contributed by atoms with Gasteiger partial charge in [-0.25, -0.2) is 18.5 Å². The van der Waals surface area contributed by atoms with E-state index >= 15 is 0 Å². The summed E-state index contributed by atoms with van der Waals surface area (Å²) in [5.41, 5.74) is -0.602. The van der Waals surface area contributed by atoms with Crippen LogP contribution in [0.3, 0.4) is 0 Å². The van der Waals surface area contributed by atoms with E-state index in [0.29, 0.717) is 0 Å². The molecule has 0 saturated carbocycles. The standard InChI is InChI=1S/C5H4BrN3O4S/c6-5-4(14(7,12)13)3(9(10)11)1-2-8-5/h1-2H,(H2,7,12,13). The zero-order valence-corrected chi connectivity index (χ0v) is 8.95. The Balaban J connectivity index is 3.62. The Morgan fingerprint density at radius 2 is 2.14 bits per heavy atom. The van der Waals surface area contributed by atoms with Crippen molar-refractivity contribution < 1.29 is 13.3 Å². The predicted molar refractivity (Wildman–Crippen MR) is 50.0 cm³/mol. The zero-order chi connectivity index (χ0) is 10.9. The van der Waals surface area contributed by atoms with Gasteiger partial charge in [-0.1, -0.05) is 0 Å². The van der Waals surface area contributed by atoms with Gasteiger partial charge in [0.1, 0.15) is 4.60 Å². The molecule has 0 atom stereocenters. The van der Waals surface area contributed by atoms with E-state index in [-0.39, 0.29) is 4.60 Å². The molecule has 9 heteroatoms. The molecule has 0 aliphatic rings. The Hall–Kier alpha value is -1.06. The maximum Gasteiger partial charge on any atom is 0.293 e. The SMILES string of the molecule is NS(=O)(=O)c1c([N+](=O)[O-])ccnc1Br. The minimum Gasteiger partial charge on any atom is -0.258 e. The van der Waals surface area contributed by atoms with Crippen molar-refractivity contribution in [1.82, 2.24) is 4.98 Å². The first-order valence-electron chi connectivity index (χ1n) is 3.15. The molecule has 1 aromatic rings. The van der Waals surface area contributed by atoms with Crippen LogP contribution < -0.4 is 5.14 Å². The summed E-state index contributed by atoms with van der Waals surface area (Å²) in [6, 6.07) is 0.963. The predicted octanol–water partition coefficient (Wildman–Crippen LogP) is 0.400. The number of hydrogen-bond acceptors (Lipinski definition) is 5. The van der Waals surface area contributed by atoms with Gasteiger partial charge < -0.3 is 0 Å². The third-order valence-corrected chi connectivity index (χ3v) is 3.16. The molecular weight excluding hydrogens is 278 g/mol. The van der Waals surface area contributed by atoms with Crippen LogP contribution in [0.2, 0.25) is 0 Å². The average molecular weight is 282 g/mol. The Morgan fingerprint density at radius 3 is 2.50 bits per heavy atom. The van der Waals surface area contributed by atoms with Gasteiger partial charge in [-0.2, -0.15) is 0 Å². The number of sulfonamides is 1. The molecule has 1 rings (SSSR count). The van der Waals surface area contributed by atoms with Gasteiger partial charge in [-0.05, 0) is 15.9 Å². The molecular formula is C5H4BrN3O4S. The van der Waals surface area contributed by atoms with E-state index in [1.807, 2.05) is 0 Å². The smallest absolute Gasteiger partial charge is 0.258 e. The third kappa shape index (κ3) is 2.05. The number of pyridine rings is 1. The van der Waals surface area contributed by atoms with Crippen LogP contribution in [0.25, 0.3) is 0 Å². The van der Waals surface area contributed by atoms with Crippen LogP contribution in [-0.2, 0) is 10.0 Å². The Morgan fingerprint density at radius 1 is 1.57 bits per heavy atom. The summed E-state index contributed by atoms with van der Waals surface area (Å²) in [6.07, 6.45) is 1.11. The van der Waals surface area contributed by atoms with E-state index in [1.165, 1.54) is 0 Å². The largest absolute Gasteiger partial charge is 0.293 e. The van der Waals surface area contributed by atoms with Crippen molar-refractivity contribution in [2.45, 2.75) is 4.90 Å². The van der Waals surface area contributed by atoms with Crippen molar-refractivity contribution in [1.29, 1.82) is 0 Å². The summed E-state index contributed by atoms with van der Waals surface area (Å²) >= 11 is 2.78. The van der Waals surface area contributed by atoms with Crippen LogP contribution in [0.1, 0.15) is 0 Å². The zero-order valence-electron chi connectivity index (χ0n) is 6.55. The highest BCUT2D eigenvalue weighted by Gasteiger charge is 2.26. The van der Waals surface area contributed by atoms with Crippen molar-refractivity contribution >= 4 is 31.6 Å². The van der Waals surface area contributed by atoms with Gasteiger partial charge in [-0.15, -0.1) is 0 Å². The van der Waals surface area contributed by atoms with Crippen LogP contribution in [0.5, 0.6) is 0 Å². The molecule has 14 heavy (non-hydrogen) atoms. The van der Waals surface area contributed by atoms with E-state index in [1.54, 1.807) is 0 Å². The second-order valence-corrected chi connectivity index (χ2v) is 4.50. The van der Waals surface area contributed by atoms with Gasteiger partial charge >= 0.3 is 0 Å². The van der Waals surface area contributed by atoms with Crippen molar-refractivity contribution in [2.24, 2.45) is 5.14 Å². The van der Waals surface area contributed by atoms with Gasteiger partial charge in [0.05, 0.1) is 4.92 Å². The van der Waals surface area contributed by atoms with E-state index in [0.717, 1.165) is 12.3 Å². The highest BCUT2D eigenvalue weighted by Crippen LogP contribution is 2.27. The fraction of sp³-hybridized carbons (Fsp3) is 0. The second-order valence-electron chi connectivity index (χ2n) is 2.25. The molecule has 2 N–H and O–H groups in total. The summed E-state index contributed by atoms with van der Waals surface area (Å²) in [6.45, 7) is 0. The van der Waals surface area contributed by atoms with Gasteiger partial charge in [-0.3, -0.25) is 10.1 Å². The third-order valence-electron chi connectivity index (χ3n) is 1.32. The number of hydrogen-bond donors (Lipinski definition) is 1. The molecule has 0 aliphatic carbocycles. The van der Waals surface area contributed by atoms with E-state index < -0.39 is 25.5 Å². The molecule has 0 saturated heterocycles. The molecule has 0 aliphatic heterocycles. The lowest BCUT2D eigenvalue weighted by atomic mass is 10.4. The van der Waals surface area contributed by atoms with Gasteiger partial charge in [0, 0.05) is 12.3 Å². The summed E-state index contributed by atoms with van der Waals surface area (Å²) in [5.74, 6) is 0. The lowest BCUT2D eigenvalue weighted by Gasteiger charge is -2.00. The molecule has 76 valence electrons. The minimum atomic E-state index is -4.16. The Kier molecular flexibility index (Phi) is 2.83. The highest BCUT2D eigenvalue weighted by atomic mass is 79.9. The molecule has 0 radical (unpaired) electrons. The molecule has 0 spiro atoms. The molecule has 0 fully saturated rings.